The summed E-state index contributed by atoms with van der Waals surface area (Å²) in [7, 11) is 2.95. The molecule has 148 valence electrons. The van der Waals surface area contributed by atoms with E-state index < -0.39 is 44.6 Å². The average Bonchev–Trinajstić information content (AvgIpc) is 2.60. The Bertz CT molecular complexity index is 948. The van der Waals surface area contributed by atoms with E-state index in [1.807, 2.05) is 0 Å². The van der Waals surface area contributed by atoms with Crippen LogP contribution in [0, 0.1) is 31.9 Å². The lowest BCUT2D eigenvalue weighted by Gasteiger charge is -2.10. The lowest BCUT2D eigenvalue weighted by Crippen LogP contribution is -2.22. The van der Waals surface area contributed by atoms with Crippen molar-refractivity contribution in [3.63, 3.8) is 0 Å². The van der Waals surface area contributed by atoms with Crippen molar-refractivity contribution in [1.29, 1.82) is 0 Å². The summed E-state index contributed by atoms with van der Waals surface area (Å²) in [6.45, 7) is 0. The number of carbonyl (C=O) groups is 2. The third-order valence-electron chi connectivity index (χ3n) is 3.19. The number of non-ortho nitro benzene ring substituents is 2. The summed E-state index contributed by atoms with van der Waals surface area (Å²) in [5, 5.41) is 28.8. The molecule has 0 spiro atoms. The van der Waals surface area contributed by atoms with Crippen LogP contribution in [-0.2, 0) is 0 Å². The van der Waals surface area contributed by atoms with Gasteiger partial charge < -0.3 is 10.0 Å². The SMILES string of the molecule is CN(C)C(=O)c1ccc([N+](=O)[O-])cc1F.O=C(O)c1ccc([N+](=O)[O-])cc1F. The Morgan fingerprint density at radius 1 is 0.893 bits per heavy atom. The van der Waals surface area contributed by atoms with Crippen LogP contribution in [0.2, 0.25) is 0 Å². The first-order valence-corrected chi connectivity index (χ1v) is 7.28. The Hall–Kier alpha value is -3.96. The maximum Gasteiger partial charge on any atom is 0.338 e. The maximum atomic E-state index is 13.3. The summed E-state index contributed by atoms with van der Waals surface area (Å²) in [6.07, 6.45) is 0. The second-order valence-corrected chi connectivity index (χ2v) is 5.35. The molecule has 2 aromatic carbocycles. The van der Waals surface area contributed by atoms with Crippen LogP contribution >= 0.6 is 0 Å². The number of halogens is 2. The Labute approximate surface area is 155 Å². The predicted molar refractivity (Wildman–Crippen MR) is 91.1 cm³/mol. The van der Waals surface area contributed by atoms with Gasteiger partial charge in [0.15, 0.2) is 0 Å². The fraction of sp³-hybridized carbons (Fsp3) is 0.125. The normalized spacial score (nSPS) is 9.71. The van der Waals surface area contributed by atoms with Gasteiger partial charge in [-0.25, -0.2) is 13.6 Å². The number of hydrogen-bond donors (Lipinski definition) is 1. The molecule has 12 heteroatoms. The van der Waals surface area contributed by atoms with E-state index in [0.717, 1.165) is 30.3 Å². The van der Waals surface area contributed by atoms with Crippen LogP contribution in [0.4, 0.5) is 20.2 Å². The number of nitro groups is 2. The van der Waals surface area contributed by atoms with Crippen molar-refractivity contribution in [2.45, 2.75) is 0 Å². The fourth-order valence-corrected chi connectivity index (χ4v) is 1.82. The zero-order valence-corrected chi connectivity index (χ0v) is 14.5. The van der Waals surface area contributed by atoms with Crippen molar-refractivity contribution in [3.05, 3.63) is 79.4 Å². The van der Waals surface area contributed by atoms with E-state index in [1.54, 1.807) is 0 Å². The van der Waals surface area contributed by atoms with E-state index in [2.05, 4.69) is 0 Å². The van der Waals surface area contributed by atoms with Gasteiger partial charge in [0.1, 0.15) is 11.6 Å². The second kappa shape index (κ2) is 9.12. The van der Waals surface area contributed by atoms with Crippen LogP contribution in [0.3, 0.4) is 0 Å². The van der Waals surface area contributed by atoms with Gasteiger partial charge in [0.2, 0.25) is 0 Å². The number of hydrogen-bond acceptors (Lipinski definition) is 6. The minimum atomic E-state index is -1.45. The van der Waals surface area contributed by atoms with Crippen molar-refractivity contribution in [2.24, 2.45) is 0 Å². The van der Waals surface area contributed by atoms with Gasteiger partial charge in [-0.2, -0.15) is 0 Å². The largest absolute Gasteiger partial charge is 0.478 e. The molecular weight excluding hydrogens is 384 g/mol. The van der Waals surface area contributed by atoms with Gasteiger partial charge in [-0.1, -0.05) is 0 Å². The highest BCUT2D eigenvalue weighted by atomic mass is 19.1. The molecule has 0 saturated carbocycles. The van der Waals surface area contributed by atoms with E-state index in [4.69, 9.17) is 5.11 Å². The number of carboxylic acids is 1. The summed E-state index contributed by atoms with van der Waals surface area (Å²) < 4.78 is 26.0. The summed E-state index contributed by atoms with van der Waals surface area (Å²) >= 11 is 0. The zero-order valence-electron chi connectivity index (χ0n) is 14.5. The number of amides is 1. The fourth-order valence-electron chi connectivity index (χ4n) is 1.82. The molecule has 0 radical (unpaired) electrons. The molecule has 0 aliphatic rings. The molecule has 10 nitrogen and oxygen atoms in total. The number of carbonyl (C=O) groups excluding carboxylic acids is 1. The lowest BCUT2D eigenvalue weighted by atomic mass is 10.1. The summed E-state index contributed by atoms with van der Waals surface area (Å²) in [4.78, 5) is 41.8. The number of carboxylic acid groups (broad SMARTS) is 1. The molecule has 0 aliphatic carbocycles. The highest BCUT2D eigenvalue weighted by molar-refractivity contribution is 5.94. The van der Waals surface area contributed by atoms with Gasteiger partial charge in [-0.3, -0.25) is 25.0 Å². The van der Waals surface area contributed by atoms with Gasteiger partial charge in [-0.15, -0.1) is 0 Å². The third kappa shape index (κ3) is 5.52. The minimum Gasteiger partial charge on any atom is -0.478 e. The predicted octanol–water partition coefficient (Wildman–Crippen LogP) is 2.87. The number of nitrogens with zero attached hydrogens (tertiary/aromatic N) is 3. The average molecular weight is 397 g/mol. The van der Waals surface area contributed by atoms with Gasteiger partial charge in [0, 0.05) is 26.2 Å². The molecular formula is C16H13F2N3O7. The molecule has 0 atom stereocenters. The molecule has 0 bridgehead atoms. The van der Waals surface area contributed by atoms with Crippen LogP contribution in [0.1, 0.15) is 20.7 Å². The van der Waals surface area contributed by atoms with Crippen LogP contribution in [0.25, 0.3) is 0 Å². The Morgan fingerprint density at radius 3 is 1.57 bits per heavy atom. The highest BCUT2D eigenvalue weighted by Crippen LogP contribution is 2.17. The van der Waals surface area contributed by atoms with Crippen LogP contribution in [0.15, 0.2) is 36.4 Å². The molecule has 0 aromatic heterocycles. The molecule has 0 fully saturated rings. The molecule has 0 aliphatic heterocycles. The Kier molecular flexibility index (Phi) is 7.19. The monoisotopic (exact) mass is 397 g/mol. The molecule has 0 saturated heterocycles. The van der Waals surface area contributed by atoms with Gasteiger partial charge in [-0.05, 0) is 12.1 Å². The summed E-state index contributed by atoms with van der Waals surface area (Å²) in [5.74, 6) is -3.97. The standard InChI is InChI=1S/C9H9FN2O3.C7H4FNO4/c1-11(2)9(13)7-4-3-6(12(14)15)5-8(7)10;8-6-3-4(9(12)13)1-2-5(6)7(10)11/h3-5H,1-2H3;1-3H,(H,10,11). The first-order chi connectivity index (χ1) is 13.0. The molecule has 1 amide bonds. The number of rotatable bonds is 4. The summed E-state index contributed by atoms with van der Waals surface area (Å²) in [5.41, 5.74) is -1.60. The van der Waals surface area contributed by atoms with E-state index in [-0.39, 0.29) is 11.3 Å². The minimum absolute atomic E-state index is 0.175. The molecule has 1 N–H and O–H groups in total. The maximum absolute atomic E-state index is 13.3. The molecule has 0 heterocycles. The molecule has 28 heavy (non-hydrogen) atoms. The van der Waals surface area contributed by atoms with Crippen LogP contribution in [-0.4, -0.2) is 45.8 Å². The van der Waals surface area contributed by atoms with Crippen molar-refractivity contribution >= 4 is 23.3 Å². The molecule has 0 unspecified atom stereocenters. The second-order valence-electron chi connectivity index (χ2n) is 5.35. The molecule has 2 rings (SSSR count). The van der Waals surface area contributed by atoms with Gasteiger partial charge >= 0.3 is 5.97 Å². The van der Waals surface area contributed by atoms with E-state index in [0.29, 0.717) is 6.07 Å². The van der Waals surface area contributed by atoms with Crippen molar-refractivity contribution in [1.82, 2.24) is 4.90 Å². The van der Waals surface area contributed by atoms with Crippen molar-refractivity contribution in [2.75, 3.05) is 14.1 Å². The smallest absolute Gasteiger partial charge is 0.338 e. The summed E-state index contributed by atoms with van der Waals surface area (Å²) in [6, 6.07) is 5.30. The van der Waals surface area contributed by atoms with E-state index >= 15 is 0 Å². The van der Waals surface area contributed by atoms with Crippen LogP contribution < -0.4 is 0 Å². The number of benzene rings is 2. The number of nitro benzene ring substituents is 2. The zero-order chi connectivity index (χ0) is 21.6. The highest BCUT2D eigenvalue weighted by Gasteiger charge is 2.17. The molecule has 2 aromatic rings. The van der Waals surface area contributed by atoms with Crippen molar-refractivity contribution < 1.29 is 33.3 Å². The van der Waals surface area contributed by atoms with Crippen molar-refractivity contribution in [3.8, 4) is 0 Å². The van der Waals surface area contributed by atoms with Crippen LogP contribution in [0.5, 0.6) is 0 Å². The lowest BCUT2D eigenvalue weighted by molar-refractivity contribution is -0.385. The number of aromatic carboxylic acids is 1. The topological polar surface area (TPSA) is 144 Å². The first-order valence-electron chi connectivity index (χ1n) is 7.28. The van der Waals surface area contributed by atoms with E-state index in [9.17, 15) is 38.6 Å². The van der Waals surface area contributed by atoms with Gasteiger partial charge in [0.05, 0.1) is 33.1 Å². The Morgan fingerprint density at radius 2 is 1.29 bits per heavy atom. The first kappa shape index (κ1) is 22.1. The van der Waals surface area contributed by atoms with Gasteiger partial charge in [0.25, 0.3) is 17.3 Å². The third-order valence-corrected chi connectivity index (χ3v) is 3.19. The quantitative estimate of drug-likeness (QED) is 0.617. The Balaban J connectivity index is 0.000000283. The van der Waals surface area contributed by atoms with E-state index in [1.165, 1.54) is 19.0 Å².